The second-order valence-corrected chi connectivity index (χ2v) is 6.24. The van der Waals surface area contributed by atoms with Crippen LogP contribution in [0.3, 0.4) is 0 Å². The fourth-order valence-corrected chi connectivity index (χ4v) is 2.72. The summed E-state index contributed by atoms with van der Waals surface area (Å²) in [6.45, 7) is 1.79. The van der Waals surface area contributed by atoms with E-state index in [4.69, 9.17) is 4.74 Å². The molecule has 0 bridgehead atoms. The van der Waals surface area contributed by atoms with Gasteiger partial charge in [-0.15, -0.1) is 0 Å². The lowest BCUT2D eigenvalue weighted by Crippen LogP contribution is -2.26. The lowest BCUT2D eigenvalue weighted by atomic mass is 10.0. The van der Waals surface area contributed by atoms with E-state index in [-0.39, 0.29) is 5.78 Å². The van der Waals surface area contributed by atoms with Gasteiger partial charge in [-0.3, -0.25) is 4.79 Å². The van der Waals surface area contributed by atoms with Crippen molar-refractivity contribution in [1.29, 1.82) is 0 Å². The third kappa shape index (κ3) is 4.76. The predicted molar refractivity (Wildman–Crippen MR) is 108 cm³/mol. The van der Waals surface area contributed by atoms with Crippen LogP contribution in [-0.2, 0) is 4.74 Å². The van der Waals surface area contributed by atoms with Crippen molar-refractivity contribution < 1.29 is 19.1 Å². The number of hydrogen-bond donors (Lipinski definition) is 1. The van der Waals surface area contributed by atoms with Crippen LogP contribution >= 0.6 is 0 Å². The molecule has 0 saturated heterocycles. The first-order valence-electron chi connectivity index (χ1n) is 8.89. The Kier molecular flexibility index (Phi) is 6.07. The largest absolute Gasteiger partial charge is 0.465 e. The minimum atomic E-state index is -0.448. The lowest BCUT2D eigenvalue weighted by Gasteiger charge is -2.15. The van der Waals surface area contributed by atoms with Gasteiger partial charge in [0.15, 0.2) is 5.78 Å². The first-order valence-corrected chi connectivity index (χ1v) is 8.89. The topological polar surface area (TPSA) is 64.6 Å². The van der Waals surface area contributed by atoms with Gasteiger partial charge in [0.05, 0.1) is 18.7 Å². The van der Waals surface area contributed by atoms with E-state index < -0.39 is 12.0 Å². The number of ketones is 1. The molecule has 0 aliphatic heterocycles. The molecule has 0 amide bonds. The second kappa shape index (κ2) is 8.86. The van der Waals surface area contributed by atoms with Gasteiger partial charge in [0, 0.05) is 11.3 Å². The maximum Gasteiger partial charge on any atom is 0.337 e. The smallest absolute Gasteiger partial charge is 0.337 e. The van der Waals surface area contributed by atoms with Gasteiger partial charge in [0.25, 0.3) is 0 Å². The van der Waals surface area contributed by atoms with Crippen molar-refractivity contribution in [2.24, 2.45) is 0 Å². The monoisotopic (exact) mass is 375 g/mol. The summed E-state index contributed by atoms with van der Waals surface area (Å²) in [6, 6.07) is 22.9. The first kappa shape index (κ1) is 19.2. The SMILES string of the molecule is COC(=O)c1ccc(NC(C)C(=O)c2cccc(Oc3ccccc3)c2)cc1. The molecule has 142 valence electrons. The van der Waals surface area contributed by atoms with Crippen LogP contribution in [0.25, 0.3) is 0 Å². The fraction of sp³-hybridized carbons (Fsp3) is 0.130. The molecule has 0 spiro atoms. The van der Waals surface area contributed by atoms with Crippen LogP contribution in [0.4, 0.5) is 5.69 Å². The van der Waals surface area contributed by atoms with Crippen molar-refractivity contribution in [1.82, 2.24) is 0 Å². The number of anilines is 1. The van der Waals surface area contributed by atoms with Gasteiger partial charge >= 0.3 is 5.97 Å². The summed E-state index contributed by atoms with van der Waals surface area (Å²) in [5.41, 5.74) is 1.75. The van der Waals surface area contributed by atoms with Crippen molar-refractivity contribution in [2.45, 2.75) is 13.0 Å². The third-order valence-electron chi connectivity index (χ3n) is 4.18. The molecule has 5 heteroatoms. The van der Waals surface area contributed by atoms with Crippen LogP contribution in [-0.4, -0.2) is 24.9 Å². The van der Waals surface area contributed by atoms with Crippen LogP contribution in [0, 0.1) is 0 Å². The number of ether oxygens (including phenoxy) is 2. The number of benzene rings is 3. The van der Waals surface area contributed by atoms with Gasteiger partial charge in [-0.25, -0.2) is 4.79 Å². The van der Waals surface area contributed by atoms with Gasteiger partial charge in [-0.2, -0.15) is 0 Å². The Morgan fingerprint density at radius 3 is 2.18 bits per heavy atom. The van der Waals surface area contributed by atoms with Gasteiger partial charge < -0.3 is 14.8 Å². The summed E-state index contributed by atoms with van der Waals surface area (Å²) in [4.78, 5) is 24.3. The molecule has 0 aromatic heterocycles. The number of carbonyl (C=O) groups excluding carboxylic acids is 2. The van der Waals surface area contributed by atoms with E-state index in [0.29, 0.717) is 22.6 Å². The summed E-state index contributed by atoms with van der Waals surface area (Å²) >= 11 is 0. The Labute approximate surface area is 163 Å². The second-order valence-electron chi connectivity index (χ2n) is 6.24. The van der Waals surface area contributed by atoms with Crippen molar-refractivity contribution in [2.75, 3.05) is 12.4 Å². The van der Waals surface area contributed by atoms with E-state index in [1.807, 2.05) is 36.4 Å². The minimum absolute atomic E-state index is 0.0597. The number of para-hydroxylation sites is 1. The number of carbonyl (C=O) groups is 2. The summed E-state index contributed by atoms with van der Waals surface area (Å²) in [7, 11) is 1.34. The highest BCUT2D eigenvalue weighted by Crippen LogP contribution is 2.23. The van der Waals surface area contributed by atoms with E-state index in [1.165, 1.54) is 7.11 Å². The molecular formula is C23H21NO4. The van der Waals surface area contributed by atoms with Crippen LogP contribution < -0.4 is 10.1 Å². The lowest BCUT2D eigenvalue weighted by molar-refractivity contribution is 0.0600. The summed E-state index contributed by atoms with van der Waals surface area (Å²) in [5, 5.41) is 3.15. The maximum absolute atomic E-state index is 12.8. The van der Waals surface area contributed by atoms with E-state index in [9.17, 15) is 9.59 Å². The number of nitrogens with one attached hydrogen (secondary N) is 1. The molecule has 0 aliphatic carbocycles. The molecule has 0 heterocycles. The van der Waals surface area contributed by atoms with E-state index in [0.717, 1.165) is 5.69 Å². The number of Topliss-reactive ketones (excluding diaryl/α,β-unsaturated/α-hetero) is 1. The van der Waals surface area contributed by atoms with E-state index in [2.05, 4.69) is 10.1 Å². The zero-order valence-electron chi connectivity index (χ0n) is 15.7. The molecule has 1 atom stereocenters. The van der Waals surface area contributed by atoms with Crippen LogP contribution in [0.5, 0.6) is 11.5 Å². The van der Waals surface area contributed by atoms with Gasteiger partial charge in [-0.1, -0.05) is 30.3 Å². The predicted octanol–water partition coefficient (Wildman–Crippen LogP) is 4.95. The number of methoxy groups -OCH3 is 1. The Balaban J connectivity index is 1.67. The van der Waals surface area contributed by atoms with Crippen molar-refractivity contribution in [3.8, 4) is 11.5 Å². The molecule has 1 N–H and O–H groups in total. The highest BCUT2D eigenvalue weighted by atomic mass is 16.5. The van der Waals surface area contributed by atoms with Crippen LogP contribution in [0.1, 0.15) is 27.6 Å². The molecule has 0 saturated carbocycles. The van der Waals surface area contributed by atoms with Crippen molar-refractivity contribution in [3.63, 3.8) is 0 Å². The normalized spacial score (nSPS) is 11.4. The highest BCUT2D eigenvalue weighted by Gasteiger charge is 2.16. The molecule has 1 unspecified atom stereocenters. The first-order chi connectivity index (χ1) is 13.6. The van der Waals surface area contributed by atoms with Gasteiger partial charge in [0.2, 0.25) is 0 Å². The number of esters is 1. The standard InChI is InChI=1S/C23H21NO4/c1-16(24-19-13-11-17(12-14-19)23(26)27-2)22(25)18-7-6-10-21(15-18)28-20-8-4-3-5-9-20/h3-16,24H,1-2H3. The highest BCUT2D eigenvalue weighted by molar-refractivity contribution is 6.01. The van der Waals surface area contributed by atoms with Gasteiger partial charge in [-0.05, 0) is 55.5 Å². The van der Waals surface area contributed by atoms with Gasteiger partial charge in [0.1, 0.15) is 11.5 Å². The molecule has 28 heavy (non-hydrogen) atoms. The molecular weight excluding hydrogens is 354 g/mol. The molecule has 3 rings (SSSR count). The maximum atomic E-state index is 12.8. The number of hydrogen-bond acceptors (Lipinski definition) is 5. The zero-order valence-corrected chi connectivity index (χ0v) is 15.7. The molecule has 5 nitrogen and oxygen atoms in total. The molecule has 3 aromatic carbocycles. The summed E-state index contributed by atoms with van der Waals surface area (Å²) in [6.07, 6.45) is 0. The van der Waals surface area contributed by atoms with Crippen LogP contribution in [0.15, 0.2) is 78.9 Å². The van der Waals surface area contributed by atoms with Crippen molar-refractivity contribution in [3.05, 3.63) is 90.0 Å². The Morgan fingerprint density at radius 1 is 0.821 bits per heavy atom. The fourth-order valence-electron chi connectivity index (χ4n) is 2.72. The molecule has 0 fully saturated rings. The quantitative estimate of drug-likeness (QED) is 0.468. The van der Waals surface area contributed by atoms with E-state index >= 15 is 0 Å². The molecule has 0 aliphatic rings. The number of rotatable bonds is 7. The Bertz CT molecular complexity index is 952. The average Bonchev–Trinajstić information content (AvgIpc) is 2.74. The van der Waals surface area contributed by atoms with Crippen LogP contribution in [0.2, 0.25) is 0 Å². The summed E-state index contributed by atoms with van der Waals surface area (Å²) < 4.78 is 10.5. The third-order valence-corrected chi connectivity index (χ3v) is 4.18. The Morgan fingerprint density at radius 2 is 1.50 bits per heavy atom. The summed E-state index contributed by atoms with van der Waals surface area (Å²) in [5.74, 6) is 0.858. The molecule has 3 aromatic rings. The zero-order chi connectivity index (χ0) is 19.9. The molecule has 0 radical (unpaired) electrons. The minimum Gasteiger partial charge on any atom is -0.465 e. The average molecular weight is 375 g/mol. The van der Waals surface area contributed by atoms with E-state index in [1.54, 1.807) is 49.4 Å². The van der Waals surface area contributed by atoms with Crippen molar-refractivity contribution >= 4 is 17.4 Å². The Hall–Kier alpha value is -3.60.